The molecule has 0 amide bonds. The van der Waals surface area contributed by atoms with E-state index < -0.39 is 0 Å². The summed E-state index contributed by atoms with van der Waals surface area (Å²) in [6.45, 7) is 6.30. The van der Waals surface area contributed by atoms with E-state index in [-0.39, 0.29) is 6.23 Å². The van der Waals surface area contributed by atoms with Crippen LogP contribution >= 0.6 is 0 Å². The highest BCUT2D eigenvalue weighted by atomic mass is 16.5. The van der Waals surface area contributed by atoms with E-state index in [2.05, 4.69) is 11.9 Å². The van der Waals surface area contributed by atoms with E-state index in [9.17, 15) is 0 Å². The van der Waals surface area contributed by atoms with E-state index in [1.807, 2.05) is 18.2 Å². The van der Waals surface area contributed by atoms with E-state index in [0.717, 1.165) is 30.7 Å². The number of hydrogen-bond donors (Lipinski definition) is 2. The first kappa shape index (κ1) is 13.6. The molecule has 0 saturated carbocycles. The lowest BCUT2D eigenvalue weighted by Gasteiger charge is -2.25. The van der Waals surface area contributed by atoms with E-state index in [0.29, 0.717) is 11.5 Å². The van der Waals surface area contributed by atoms with Crippen LogP contribution in [0.4, 0.5) is 5.69 Å². The first-order valence-electron chi connectivity index (χ1n) is 6.55. The minimum Gasteiger partial charge on any atom is -0.463 e. The average molecular weight is 260 g/mol. The molecule has 1 atom stereocenters. The van der Waals surface area contributed by atoms with Gasteiger partial charge in [-0.3, -0.25) is 0 Å². The van der Waals surface area contributed by atoms with Crippen molar-refractivity contribution in [3.8, 4) is 5.75 Å². The molecule has 2 N–H and O–H groups in total. The molecule has 19 heavy (non-hydrogen) atoms. The van der Waals surface area contributed by atoms with Crippen LogP contribution < -0.4 is 10.1 Å². The molecule has 1 fully saturated rings. The van der Waals surface area contributed by atoms with Gasteiger partial charge in [-0.25, -0.2) is 0 Å². The van der Waals surface area contributed by atoms with Crippen molar-refractivity contribution in [3.05, 3.63) is 36.1 Å². The molecule has 1 unspecified atom stereocenters. The summed E-state index contributed by atoms with van der Waals surface area (Å²) in [6.07, 6.45) is 4.66. The lowest BCUT2D eigenvalue weighted by molar-refractivity contribution is 0.0343. The average Bonchev–Trinajstić information content (AvgIpc) is 2.41. The van der Waals surface area contributed by atoms with Gasteiger partial charge in [-0.1, -0.05) is 6.58 Å². The Hall–Kier alpha value is -1.81. The molecule has 1 aromatic rings. The summed E-state index contributed by atoms with van der Waals surface area (Å²) in [5.74, 6) is 1.33. The van der Waals surface area contributed by atoms with E-state index in [1.54, 1.807) is 6.92 Å². The fraction of sp³-hybridized carbons (Fsp3) is 0.400. The van der Waals surface area contributed by atoms with Gasteiger partial charge in [-0.05, 0) is 44.4 Å². The number of nitrogens with one attached hydrogen (secondary N) is 2. The van der Waals surface area contributed by atoms with Crippen molar-refractivity contribution in [2.75, 3.05) is 11.9 Å². The molecule has 1 aromatic carbocycles. The number of ether oxygens (including phenoxy) is 2. The lowest BCUT2D eigenvalue weighted by atomic mass is 10.1. The highest BCUT2D eigenvalue weighted by Gasteiger charge is 2.14. The van der Waals surface area contributed by atoms with Crippen LogP contribution in [-0.4, -0.2) is 19.0 Å². The van der Waals surface area contributed by atoms with Gasteiger partial charge in [0, 0.05) is 24.1 Å². The van der Waals surface area contributed by atoms with E-state index in [4.69, 9.17) is 14.9 Å². The van der Waals surface area contributed by atoms with Gasteiger partial charge < -0.3 is 20.2 Å². The molecule has 0 radical (unpaired) electrons. The summed E-state index contributed by atoms with van der Waals surface area (Å²) in [5, 5.41) is 10.8. The second-order valence-corrected chi connectivity index (χ2v) is 4.70. The lowest BCUT2D eigenvalue weighted by Crippen LogP contribution is -2.27. The first-order valence-corrected chi connectivity index (χ1v) is 6.55. The standard InChI is InChI=1S/C15H20N2O2/c1-11(2)19-13-6-7-14(12(9-13)10-16)17-15-5-3-4-8-18-15/h6-7,9-10,15-17H,1,3-5,8H2,2H3. The maximum atomic E-state index is 7.50. The van der Waals surface area contributed by atoms with Crippen molar-refractivity contribution in [1.82, 2.24) is 0 Å². The molecule has 102 valence electrons. The Morgan fingerprint density at radius 3 is 3.00 bits per heavy atom. The first-order chi connectivity index (χ1) is 9.19. The summed E-state index contributed by atoms with van der Waals surface area (Å²) in [4.78, 5) is 0. The Bertz CT molecular complexity index is 465. The molecule has 0 aromatic heterocycles. The second kappa shape index (κ2) is 6.38. The topological polar surface area (TPSA) is 54.3 Å². The summed E-state index contributed by atoms with van der Waals surface area (Å²) < 4.78 is 11.1. The maximum Gasteiger partial charge on any atom is 0.127 e. The molecular formula is C15H20N2O2. The molecule has 4 heteroatoms. The fourth-order valence-electron chi connectivity index (χ4n) is 2.08. The highest BCUT2D eigenvalue weighted by molar-refractivity contribution is 5.86. The van der Waals surface area contributed by atoms with Gasteiger partial charge in [-0.2, -0.15) is 0 Å². The van der Waals surface area contributed by atoms with Crippen LogP contribution in [0, 0.1) is 5.41 Å². The normalized spacial score (nSPS) is 18.7. The molecule has 1 saturated heterocycles. The number of anilines is 1. The molecule has 0 bridgehead atoms. The number of rotatable bonds is 5. The van der Waals surface area contributed by atoms with E-state index in [1.165, 1.54) is 12.6 Å². The predicted octanol–water partition coefficient (Wildman–Crippen LogP) is 3.54. The molecule has 1 heterocycles. The zero-order chi connectivity index (χ0) is 13.7. The minimum atomic E-state index is 0.0420. The van der Waals surface area contributed by atoms with Crippen LogP contribution in [0.5, 0.6) is 5.75 Å². The van der Waals surface area contributed by atoms with Crippen molar-refractivity contribution in [3.63, 3.8) is 0 Å². The van der Waals surface area contributed by atoms with Crippen molar-refractivity contribution < 1.29 is 9.47 Å². The van der Waals surface area contributed by atoms with Crippen LogP contribution in [0.25, 0.3) is 0 Å². The van der Waals surface area contributed by atoms with Gasteiger partial charge in [0.25, 0.3) is 0 Å². The monoisotopic (exact) mass is 260 g/mol. The van der Waals surface area contributed by atoms with Crippen molar-refractivity contribution in [2.45, 2.75) is 32.4 Å². The van der Waals surface area contributed by atoms with Gasteiger partial charge in [0.1, 0.15) is 12.0 Å². The van der Waals surface area contributed by atoms with Gasteiger partial charge in [0.2, 0.25) is 0 Å². The number of allylic oxidation sites excluding steroid dienone is 1. The largest absolute Gasteiger partial charge is 0.463 e. The minimum absolute atomic E-state index is 0.0420. The predicted molar refractivity (Wildman–Crippen MR) is 77.0 cm³/mol. The Morgan fingerprint density at radius 2 is 2.37 bits per heavy atom. The Kier molecular flexibility index (Phi) is 4.58. The highest BCUT2D eigenvalue weighted by Crippen LogP contribution is 2.24. The van der Waals surface area contributed by atoms with Crippen LogP contribution in [0.3, 0.4) is 0 Å². The van der Waals surface area contributed by atoms with Gasteiger partial charge in [0.05, 0.1) is 5.76 Å². The second-order valence-electron chi connectivity index (χ2n) is 4.70. The molecule has 0 aliphatic carbocycles. The van der Waals surface area contributed by atoms with Crippen LogP contribution in [0.15, 0.2) is 30.5 Å². The number of hydrogen-bond acceptors (Lipinski definition) is 4. The smallest absolute Gasteiger partial charge is 0.127 e. The Labute approximate surface area is 113 Å². The Morgan fingerprint density at radius 1 is 1.53 bits per heavy atom. The van der Waals surface area contributed by atoms with Crippen molar-refractivity contribution >= 4 is 11.9 Å². The summed E-state index contributed by atoms with van der Waals surface area (Å²) >= 11 is 0. The zero-order valence-electron chi connectivity index (χ0n) is 11.2. The third-order valence-electron chi connectivity index (χ3n) is 2.97. The van der Waals surface area contributed by atoms with Gasteiger partial charge in [-0.15, -0.1) is 0 Å². The zero-order valence-corrected chi connectivity index (χ0v) is 11.2. The van der Waals surface area contributed by atoms with Crippen LogP contribution in [-0.2, 0) is 4.74 Å². The third kappa shape index (κ3) is 3.83. The van der Waals surface area contributed by atoms with Gasteiger partial charge in [0.15, 0.2) is 0 Å². The molecule has 4 nitrogen and oxygen atoms in total. The quantitative estimate of drug-likeness (QED) is 0.629. The number of benzene rings is 1. The SMILES string of the molecule is C=C(C)Oc1ccc(NC2CCCCO2)c(C=N)c1. The van der Waals surface area contributed by atoms with E-state index >= 15 is 0 Å². The third-order valence-corrected chi connectivity index (χ3v) is 2.97. The molecule has 1 aliphatic rings. The van der Waals surface area contributed by atoms with Crippen LogP contribution in [0.2, 0.25) is 0 Å². The molecule has 2 rings (SSSR count). The van der Waals surface area contributed by atoms with Crippen molar-refractivity contribution in [2.24, 2.45) is 0 Å². The van der Waals surface area contributed by atoms with Crippen molar-refractivity contribution in [1.29, 1.82) is 5.41 Å². The summed E-state index contributed by atoms with van der Waals surface area (Å²) in [7, 11) is 0. The molecule has 1 aliphatic heterocycles. The van der Waals surface area contributed by atoms with Crippen LogP contribution in [0.1, 0.15) is 31.7 Å². The van der Waals surface area contributed by atoms with Gasteiger partial charge >= 0.3 is 0 Å². The molecule has 0 spiro atoms. The summed E-state index contributed by atoms with van der Waals surface area (Å²) in [6, 6.07) is 5.61. The summed E-state index contributed by atoms with van der Waals surface area (Å²) in [5.41, 5.74) is 1.68. The fourth-order valence-corrected chi connectivity index (χ4v) is 2.08. The maximum absolute atomic E-state index is 7.50. The molecular weight excluding hydrogens is 240 g/mol. The Balaban J connectivity index is 2.11.